The van der Waals surface area contributed by atoms with E-state index >= 15 is 0 Å². The molecule has 1 N–H and O–H groups in total. The summed E-state index contributed by atoms with van der Waals surface area (Å²) in [7, 11) is -3.56. The number of likely N-dealkylation sites (tertiary alicyclic amines) is 1. The van der Waals surface area contributed by atoms with Gasteiger partial charge in [0.2, 0.25) is 0 Å². The largest absolute Gasteiger partial charge is 0.303 e. The summed E-state index contributed by atoms with van der Waals surface area (Å²) in [6, 6.07) is 14.4. The highest BCUT2D eigenvalue weighted by Gasteiger charge is 2.23. The van der Waals surface area contributed by atoms with Crippen LogP contribution in [0.2, 0.25) is 0 Å². The van der Waals surface area contributed by atoms with Crippen LogP contribution in [0.4, 0.5) is 5.69 Å². The normalized spacial score (nSPS) is 18.4. The van der Waals surface area contributed by atoms with Gasteiger partial charge in [0, 0.05) is 16.7 Å². The fourth-order valence-corrected chi connectivity index (χ4v) is 4.60. The van der Waals surface area contributed by atoms with E-state index < -0.39 is 10.0 Å². The standard InChI is InChI=1S/C19H23BrN2O2S/c1-2-12-22-13-11-16(14-22)15-3-7-18(8-4-15)21-25(23,24)19-9-5-17(20)6-10-19/h3-10,16,21H,2,11-14H2,1H3/t16-/m1/s1. The average Bonchev–Trinajstić information content (AvgIpc) is 3.05. The number of anilines is 1. The molecule has 2 aromatic carbocycles. The summed E-state index contributed by atoms with van der Waals surface area (Å²) in [6.45, 7) is 5.61. The molecule has 2 aromatic rings. The zero-order valence-electron chi connectivity index (χ0n) is 14.3. The van der Waals surface area contributed by atoms with Crippen molar-refractivity contribution in [3.8, 4) is 0 Å². The molecule has 134 valence electrons. The highest BCUT2D eigenvalue weighted by atomic mass is 79.9. The molecule has 0 aliphatic carbocycles. The molecule has 0 spiro atoms. The summed E-state index contributed by atoms with van der Waals surface area (Å²) in [5, 5.41) is 0. The topological polar surface area (TPSA) is 49.4 Å². The fourth-order valence-electron chi connectivity index (χ4n) is 3.28. The van der Waals surface area contributed by atoms with Crippen LogP contribution in [0.3, 0.4) is 0 Å². The lowest BCUT2D eigenvalue weighted by atomic mass is 9.98. The van der Waals surface area contributed by atoms with E-state index in [-0.39, 0.29) is 4.90 Å². The van der Waals surface area contributed by atoms with Gasteiger partial charge in [0.1, 0.15) is 0 Å². The van der Waals surface area contributed by atoms with Gasteiger partial charge in [-0.1, -0.05) is 35.0 Å². The van der Waals surface area contributed by atoms with Crippen LogP contribution in [0.1, 0.15) is 31.2 Å². The Labute approximate surface area is 158 Å². The predicted octanol–water partition coefficient (Wildman–Crippen LogP) is 4.45. The summed E-state index contributed by atoms with van der Waals surface area (Å²) >= 11 is 3.31. The van der Waals surface area contributed by atoms with Gasteiger partial charge in [-0.3, -0.25) is 4.72 Å². The molecule has 6 heteroatoms. The van der Waals surface area contributed by atoms with E-state index in [1.165, 1.54) is 18.4 Å². The van der Waals surface area contributed by atoms with Crippen LogP contribution >= 0.6 is 15.9 Å². The Kier molecular flexibility index (Phi) is 5.81. The highest BCUT2D eigenvalue weighted by molar-refractivity contribution is 9.10. The van der Waals surface area contributed by atoms with Crippen molar-refractivity contribution in [2.45, 2.75) is 30.6 Å². The lowest BCUT2D eigenvalue weighted by molar-refractivity contribution is 0.335. The molecule has 1 heterocycles. The number of nitrogens with one attached hydrogen (secondary N) is 1. The third kappa shape index (κ3) is 4.63. The van der Waals surface area contributed by atoms with Gasteiger partial charge in [0.05, 0.1) is 4.90 Å². The van der Waals surface area contributed by atoms with E-state index in [0.29, 0.717) is 11.6 Å². The quantitative estimate of drug-likeness (QED) is 0.747. The van der Waals surface area contributed by atoms with Gasteiger partial charge in [-0.2, -0.15) is 0 Å². The van der Waals surface area contributed by atoms with Gasteiger partial charge in [-0.15, -0.1) is 0 Å². The van der Waals surface area contributed by atoms with E-state index in [1.54, 1.807) is 24.3 Å². The van der Waals surface area contributed by atoms with E-state index in [9.17, 15) is 8.42 Å². The molecular formula is C19H23BrN2O2S. The van der Waals surface area contributed by atoms with Crippen LogP contribution in [-0.4, -0.2) is 33.0 Å². The molecule has 25 heavy (non-hydrogen) atoms. The Balaban J connectivity index is 1.67. The van der Waals surface area contributed by atoms with Crippen LogP contribution in [0.5, 0.6) is 0 Å². The van der Waals surface area contributed by atoms with E-state index in [2.05, 4.69) is 32.5 Å². The van der Waals surface area contributed by atoms with Gasteiger partial charge in [-0.05, 0) is 73.8 Å². The second kappa shape index (κ2) is 7.89. The zero-order valence-corrected chi connectivity index (χ0v) is 16.7. The van der Waals surface area contributed by atoms with Crippen molar-refractivity contribution in [1.29, 1.82) is 0 Å². The number of nitrogens with zero attached hydrogens (tertiary/aromatic N) is 1. The maximum Gasteiger partial charge on any atom is 0.261 e. The Morgan fingerprint density at radius 2 is 1.80 bits per heavy atom. The van der Waals surface area contributed by atoms with Crippen molar-refractivity contribution >= 4 is 31.6 Å². The van der Waals surface area contributed by atoms with Crippen LogP contribution < -0.4 is 4.72 Å². The first kappa shape index (κ1) is 18.4. The van der Waals surface area contributed by atoms with Crippen molar-refractivity contribution in [2.75, 3.05) is 24.4 Å². The molecule has 0 saturated carbocycles. The molecule has 1 fully saturated rings. The van der Waals surface area contributed by atoms with Gasteiger partial charge >= 0.3 is 0 Å². The molecular weight excluding hydrogens is 400 g/mol. The molecule has 1 atom stereocenters. The average molecular weight is 423 g/mol. The molecule has 3 rings (SSSR count). The zero-order chi connectivity index (χ0) is 17.9. The van der Waals surface area contributed by atoms with Crippen LogP contribution in [-0.2, 0) is 10.0 Å². The second-order valence-corrected chi connectivity index (χ2v) is 9.07. The monoisotopic (exact) mass is 422 g/mol. The van der Waals surface area contributed by atoms with Crippen LogP contribution in [0.15, 0.2) is 57.9 Å². The third-order valence-corrected chi connectivity index (χ3v) is 6.50. The molecule has 0 aromatic heterocycles. The fraction of sp³-hybridized carbons (Fsp3) is 0.368. The first-order valence-corrected chi connectivity index (χ1v) is 10.9. The summed E-state index contributed by atoms with van der Waals surface area (Å²) < 4.78 is 28.4. The van der Waals surface area contributed by atoms with Crippen LogP contribution in [0, 0.1) is 0 Å². The number of benzene rings is 2. The molecule has 0 radical (unpaired) electrons. The lowest BCUT2D eigenvalue weighted by Gasteiger charge is -2.15. The molecule has 1 aliphatic rings. The van der Waals surface area contributed by atoms with Crippen molar-refractivity contribution in [3.63, 3.8) is 0 Å². The number of hydrogen-bond acceptors (Lipinski definition) is 3. The first-order chi connectivity index (χ1) is 12.0. The number of rotatable bonds is 6. The summed E-state index contributed by atoms with van der Waals surface area (Å²) in [4.78, 5) is 2.75. The first-order valence-electron chi connectivity index (χ1n) is 8.58. The minimum absolute atomic E-state index is 0.255. The molecule has 0 unspecified atom stereocenters. The Hall–Kier alpha value is -1.37. The molecule has 1 saturated heterocycles. The SMILES string of the molecule is CCCN1CC[C@@H](c2ccc(NS(=O)(=O)c3ccc(Br)cc3)cc2)C1. The van der Waals surface area contributed by atoms with E-state index in [0.717, 1.165) is 24.1 Å². The molecule has 1 aliphatic heterocycles. The van der Waals surface area contributed by atoms with Gasteiger partial charge < -0.3 is 4.90 Å². The van der Waals surface area contributed by atoms with E-state index in [4.69, 9.17) is 0 Å². The lowest BCUT2D eigenvalue weighted by Crippen LogP contribution is -2.20. The smallest absolute Gasteiger partial charge is 0.261 e. The van der Waals surface area contributed by atoms with Gasteiger partial charge in [0.15, 0.2) is 0 Å². The Bertz CT molecular complexity index is 804. The van der Waals surface area contributed by atoms with Crippen molar-refractivity contribution in [2.24, 2.45) is 0 Å². The Morgan fingerprint density at radius 3 is 2.44 bits per heavy atom. The maximum atomic E-state index is 12.4. The van der Waals surface area contributed by atoms with Crippen molar-refractivity contribution in [3.05, 3.63) is 58.6 Å². The minimum Gasteiger partial charge on any atom is -0.303 e. The number of hydrogen-bond donors (Lipinski definition) is 1. The van der Waals surface area contributed by atoms with E-state index in [1.807, 2.05) is 24.3 Å². The minimum atomic E-state index is -3.56. The summed E-state index contributed by atoms with van der Waals surface area (Å²) in [5.41, 5.74) is 1.88. The number of halogens is 1. The Morgan fingerprint density at radius 1 is 1.12 bits per heavy atom. The third-order valence-electron chi connectivity index (χ3n) is 4.57. The maximum absolute atomic E-state index is 12.4. The second-order valence-electron chi connectivity index (χ2n) is 6.47. The van der Waals surface area contributed by atoms with Gasteiger partial charge in [0.25, 0.3) is 10.0 Å². The van der Waals surface area contributed by atoms with Crippen molar-refractivity contribution < 1.29 is 8.42 Å². The highest BCUT2D eigenvalue weighted by Crippen LogP contribution is 2.28. The summed E-state index contributed by atoms with van der Waals surface area (Å²) in [5.74, 6) is 0.545. The van der Waals surface area contributed by atoms with Crippen LogP contribution in [0.25, 0.3) is 0 Å². The molecule has 0 bridgehead atoms. The molecule has 4 nitrogen and oxygen atoms in total. The number of sulfonamides is 1. The summed E-state index contributed by atoms with van der Waals surface area (Å²) in [6.07, 6.45) is 2.35. The molecule has 0 amide bonds. The van der Waals surface area contributed by atoms with Gasteiger partial charge in [-0.25, -0.2) is 8.42 Å². The van der Waals surface area contributed by atoms with Crippen molar-refractivity contribution in [1.82, 2.24) is 4.90 Å². The predicted molar refractivity (Wildman–Crippen MR) is 105 cm³/mol.